The number of rotatable bonds is 9. The van der Waals surface area contributed by atoms with E-state index in [9.17, 15) is 4.79 Å². The van der Waals surface area contributed by atoms with E-state index in [1.165, 1.54) is 0 Å². The fourth-order valence-corrected chi connectivity index (χ4v) is 1.87. The number of hydrogen-bond donors (Lipinski definition) is 2. The molecule has 0 amide bonds. The van der Waals surface area contributed by atoms with Gasteiger partial charge in [0.2, 0.25) is 0 Å². The number of aliphatic carboxylic acids is 1. The van der Waals surface area contributed by atoms with Gasteiger partial charge in [0.15, 0.2) is 0 Å². The molecule has 1 unspecified atom stereocenters. The van der Waals surface area contributed by atoms with Gasteiger partial charge in [-0.15, -0.1) is 0 Å². The molecule has 1 fully saturated rings. The molecule has 0 saturated heterocycles. The van der Waals surface area contributed by atoms with Crippen molar-refractivity contribution in [3.05, 3.63) is 0 Å². The molecule has 0 aromatic heterocycles. The van der Waals surface area contributed by atoms with E-state index >= 15 is 0 Å². The van der Waals surface area contributed by atoms with Crippen molar-refractivity contribution < 1.29 is 9.90 Å². The van der Waals surface area contributed by atoms with Crippen molar-refractivity contribution in [2.24, 2.45) is 0 Å². The molecule has 1 aliphatic carbocycles. The van der Waals surface area contributed by atoms with Crippen LogP contribution in [0.3, 0.4) is 0 Å². The molecule has 4 heteroatoms. The zero-order valence-corrected chi connectivity index (χ0v) is 10.4. The largest absolute Gasteiger partial charge is 0.480 e. The topological polar surface area (TPSA) is 52.6 Å². The minimum Gasteiger partial charge on any atom is -0.480 e. The molecule has 1 atom stereocenters. The zero-order chi connectivity index (χ0) is 12.0. The van der Waals surface area contributed by atoms with Gasteiger partial charge in [-0.2, -0.15) is 0 Å². The summed E-state index contributed by atoms with van der Waals surface area (Å²) >= 11 is 0. The highest BCUT2D eigenvalue weighted by molar-refractivity contribution is 5.73. The Labute approximate surface area is 98.0 Å². The predicted molar refractivity (Wildman–Crippen MR) is 64.6 cm³/mol. The highest BCUT2D eigenvalue weighted by atomic mass is 16.4. The van der Waals surface area contributed by atoms with Gasteiger partial charge >= 0.3 is 5.97 Å². The third-order valence-corrected chi connectivity index (χ3v) is 3.03. The molecule has 1 rings (SSSR count). The molecule has 1 saturated carbocycles. The van der Waals surface area contributed by atoms with Gasteiger partial charge in [-0.1, -0.05) is 13.8 Å². The Kier molecular flexibility index (Phi) is 5.77. The number of carbonyl (C=O) groups is 1. The van der Waals surface area contributed by atoms with Crippen LogP contribution >= 0.6 is 0 Å². The van der Waals surface area contributed by atoms with Crippen LogP contribution in [0.1, 0.15) is 39.5 Å². The predicted octanol–water partition coefficient (Wildman–Crippen LogP) is 1.31. The summed E-state index contributed by atoms with van der Waals surface area (Å²) in [6.07, 6.45) is 4.10. The molecule has 2 N–H and O–H groups in total. The third-order valence-electron chi connectivity index (χ3n) is 3.03. The smallest absolute Gasteiger partial charge is 0.320 e. The molecule has 0 radical (unpaired) electrons. The first-order valence-corrected chi connectivity index (χ1v) is 6.38. The summed E-state index contributed by atoms with van der Waals surface area (Å²) < 4.78 is 0. The van der Waals surface area contributed by atoms with Crippen molar-refractivity contribution in [3.8, 4) is 0 Å². The number of nitrogens with one attached hydrogen (secondary N) is 1. The molecule has 0 aliphatic heterocycles. The van der Waals surface area contributed by atoms with Crippen LogP contribution in [0.2, 0.25) is 0 Å². The molecule has 94 valence electrons. The Morgan fingerprint density at radius 3 is 2.56 bits per heavy atom. The first kappa shape index (κ1) is 13.5. The first-order chi connectivity index (χ1) is 7.67. The summed E-state index contributed by atoms with van der Waals surface area (Å²) in [5.41, 5.74) is 0. The van der Waals surface area contributed by atoms with E-state index in [2.05, 4.69) is 24.1 Å². The van der Waals surface area contributed by atoms with Gasteiger partial charge in [-0.05, 0) is 38.8 Å². The Hall–Kier alpha value is -0.610. The molecule has 0 aromatic carbocycles. The van der Waals surface area contributed by atoms with Crippen LogP contribution in [-0.2, 0) is 4.79 Å². The van der Waals surface area contributed by atoms with E-state index in [0.717, 1.165) is 38.9 Å². The Morgan fingerprint density at radius 2 is 2.12 bits per heavy atom. The molecule has 0 spiro atoms. The van der Waals surface area contributed by atoms with E-state index < -0.39 is 5.97 Å². The fraction of sp³-hybridized carbons (Fsp3) is 0.917. The second-order valence-electron chi connectivity index (χ2n) is 4.55. The molecule has 1 aliphatic rings. The van der Waals surface area contributed by atoms with Gasteiger partial charge in [0, 0.05) is 12.6 Å². The summed E-state index contributed by atoms with van der Waals surface area (Å²) in [4.78, 5) is 13.4. The summed E-state index contributed by atoms with van der Waals surface area (Å²) in [5.74, 6) is -0.709. The number of hydrogen-bond acceptors (Lipinski definition) is 3. The van der Waals surface area contributed by atoms with Gasteiger partial charge in [-0.25, -0.2) is 0 Å². The Morgan fingerprint density at radius 1 is 1.44 bits per heavy atom. The lowest BCUT2D eigenvalue weighted by Gasteiger charge is -2.22. The molecule has 0 heterocycles. The SMILES string of the molecule is CCCN(CC)CCC(NC1CC1)C(=O)O. The average molecular weight is 228 g/mol. The van der Waals surface area contributed by atoms with Crippen molar-refractivity contribution in [2.75, 3.05) is 19.6 Å². The molecule has 0 bridgehead atoms. The van der Waals surface area contributed by atoms with Crippen LogP contribution in [0.15, 0.2) is 0 Å². The quantitative estimate of drug-likeness (QED) is 0.625. The van der Waals surface area contributed by atoms with Crippen LogP contribution in [0.4, 0.5) is 0 Å². The van der Waals surface area contributed by atoms with Crippen molar-refractivity contribution in [2.45, 2.75) is 51.6 Å². The van der Waals surface area contributed by atoms with Crippen LogP contribution in [0.5, 0.6) is 0 Å². The zero-order valence-electron chi connectivity index (χ0n) is 10.4. The van der Waals surface area contributed by atoms with Gasteiger partial charge in [0.25, 0.3) is 0 Å². The maximum absolute atomic E-state index is 11.0. The van der Waals surface area contributed by atoms with Gasteiger partial charge < -0.3 is 15.3 Å². The van der Waals surface area contributed by atoms with Crippen molar-refractivity contribution in [3.63, 3.8) is 0 Å². The second kappa shape index (κ2) is 6.86. The lowest BCUT2D eigenvalue weighted by atomic mass is 10.2. The normalized spacial score (nSPS) is 17.7. The van der Waals surface area contributed by atoms with Crippen molar-refractivity contribution in [1.82, 2.24) is 10.2 Å². The average Bonchev–Trinajstić information content (AvgIpc) is 3.05. The lowest BCUT2D eigenvalue weighted by Crippen LogP contribution is -2.41. The van der Waals surface area contributed by atoms with Crippen LogP contribution < -0.4 is 5.32 Å². The van der Waals surface area contributed by atoms with Crippen LogP contribution in [-0.4, -0.2) is 47.7 Å². The molecular formula is C12H24N2O2. The van der Waals surface area contributed by atoms with E-state index in [-0.39, 0.29) is 6.04 Å². The third kappa shape index (κ3) is 4.94. The number of nitrogens with zero attached hydrogens (tertiary/aromatic N) is 1. The summed E-state index contributed by atoms with van der Waals surface area (Å²) in [6, 6.07) is 0.0979. The summed E-state index contributed by atoms with van der Waals surface area (Å²) in [5, 5.41) is 12.3. The highest BCUT2D eigenvalue weighted by Gasteiger charge is 2.28. The lowest BCUT2D eigenvalue weighted by molar-refractivity contribution is -0.139. The van der Waals surface area contributed by atoms with Gasteiger partial charge in [0.1, 0.15) is 6.04 Å². The van der Waals surface area contributed by atoms with E-state index in [4.69, 9.17) is 5.11 Å². The fourth-order valence-electron chi connectivity index (χ4n) is 1.87. The second-order valence-corrected chi connectivity index (χ2v) is 4.55. The highest BCUT2D eigenvalue weighted by Crippen LogP contribution is 2.20. The monoisotopic (exact) mass is 228 g/mol. The van der Waals surface area contributed by atoms with E-state index in [1.54, 1.807) is 0 Å². The van der Waals surface area contributed by atoms with E-state index in [1.807, 2.05) is 0 Å². The van der Waals surface area contributed by atoms with Gasteiger partial charge in [-0.3, -0.25) is 4.79 Å². The maximum Gasteiger partial charge on any atom is 0.320 e. The standard InChI is InChI=1S/C12H24N2O2/c1-3-8-14(4-2)9-7-11(12(15)16)13-10-5-6-10/h10-11,13H,3-9H2,1-2H3,(H,15,16). The maximum atomic E-state index is 11.0. The summed E-state index contributed by atoms with van der Waals surface area (Å²) in [6.45, 7) is 7.22. The van der Waals surface area contributed by atoms with Crippen molar-refractivity contribution in [1.29, 1.82) is 0 Å². The van der Waals surface area contributed by atoms with Gasteiger partial charge in [0.05, 0.1) is 0 Å². The van der Waals surface area contributed by atoms with E-state index in [0.29, 0.717) is 12.5 Å². The first-order valence-electron chi connectivity index (χ1n) is 6.38. The number of carboxylic acids is 1. The Balaban J connectivity index is 2.26. The van der Waals surface area contributed by atoms with Crippen molar-refractivity contribution >= 4 is 5.97 Å². The minimum absolute atomic E-state index is 0.363. The number of carboxylic acid groups (broad SMARTS) is 1. The minimum atomic E-state index is -0.709. The molecule has 16 heavy (non-hydrogen) atoms. The molecule has 4 nitrogen and oxygen atoms in total. The van der Waals surface area contributed by atoms with Crippen LogP contribution in [0, 0.1) is 0 Å². The molecular weight excluding hydrogens is 204 g/mol. The van der Waals surface area contributed by atoms with Crippen LogP contribution in [0.25, 0.3) is 0 Å². The Bertz CT molecular complexity index is 217. The molecule has 0 aromatic rings. The summed E-state index contributed by atoms with van der Waals surface area (Å²) in [7, 11) is 0.